The first-order valence-corrected chi connectivity index (χ1v) is 8.13. The van der Waals surface area contributed by atoms with Gasteiger partial charge in [0.2, 0.25) is 0 Å². The second-order valence-corrected chi connectivity index (χ2v) is 5.99. The van der Waals surface area contributed by atoms with E-state index in [-0.39, 0.29) is 23.6 Å². The number of nitrogens with one attached hydrogen (secondary N) is 2. The maximum Gasteiger partial charge on any atom is 0.191 e. The highest BCUT2D eigenvalue weighted by molar-refractivity contribution is 5.80. The van der Waals surface area contributed by atoms with Crippen molar-refractivity contribution < 1.29 is 8.78 Å². The number of guanidine groups is 1. The highest BCUT2D eigenvalue weighted by Crippen LogP contribution is 2.41. The quantitative estimate of drug-likeness (QED) is 0.653. The third-order valence-electron chi connectivity index (χ3n) is 4.26. The number of aliphatic imine (C=N–C) groups is 1. The van der Waals surface area contributed by atoms with Gasteiger partial charge in [0.25, 0.3) is 0 Å². The highest BCUT2D eigenvalue weighted by atomic mass is 19.1. The van der Waals surface area contributed by atoms with Crippen LogP contribution in [-0.2, 0) is 6.42 Å². The number of hydrogen-bond acceptors (Lipinski definition) is 1. The Balaban J connectivity index is 1.46. The van der Waals surface area contributed by atoms with Gasteiger partial charge in [0, 0.05) is 25.6 Å². The Morgan fingerprint density at radius 3 is 2.58 bits per heavy atom. The molecule has 1 aliphatic rings. The van der Waals surface area contributed by atoms with E-state index in [1.54, 1.807) is 25.2 Å². The number of benzene rings is 2. The van der Waals surface area contributed by atoms with E-state index in [4.69, 9.17) is 0 Å². The third-order valence-corrected chi connectivity index (χ3v) is 4.26. The summed E-state index contributed by atoms with van der Waals surface area (Å²) in [5.74, 6) is 0.533. The first-order chi connectivity index (χ1) is 11.7. The molecule has 1 fully saturated rings. The topological polar surface area (TPSA) is 36.4 Å². The van der Waals surface area contributed by atoms with Crippen LogP contribution in [0.1, 0.15) is 23.5 Å². The highest BCUT2D eigenvalue weighted by Gasteiger charge is 2.40. The minimum atomic E-state index is -0.225. The average Bonchev–Trinajstić information content (AvgIpc) is 3.35. The number of halogens is 2. The number of nitrogens with zero attached hydrogens (tertiary/aromatic N) is 1. The summed E-state index contributed by atoms with van der Waals surface area (Å²) < 4.78 is 26.7. The van der Waals surface area contributed by atoms with Crippen molar-refractivity contribution in [2.24, 2.45) is 4.99 Å². The standard InChI is InChI=1S/C19H21F2N3/c1-22-19(23-11-10-13-6-8-14(20)9-7-13)24-18-12-16(18)15-4-2-3-5-17(15)21/h2-9,16,18H,10-12H2,1H3,(H2,22,23,24). The lowest BCUT2D eigenvalue weighted by Crippen LogP contribution is -2.39. The summed E-state index contributed by atoms with van der Waals surface area (Å²) in [5.41, 5.74) is 1.83. The molecule has 0 aliphatic heterocycles. The Kier molecular flexibility index (Phi) is 5.08. The van der Waals surface area contributed by atoms with Gasteiger partial charge in [0.15, 0.2) is 5.96 Å². The van der Waals surface area contributed by atoms with Crippen LogP contribution in [0.2, 0.25) is 0 Å². The van der Waals surface area contributed by atoms with Crippen LogP contribution in [0.25, 0.3) is 0 Å². The summed E-state index contributed by atoms with van der Waals surface area (Å²) in [5, 5.41) is 6.57. The molecule has 3 nitrogen and oxygen atoms in total. The van der Waals surface area contributed by atoms with Crippen LogP contribution in [0, 0.1) is 11.6 Å². The Labute approximate surface area is 140 Å². The van der Waals surface area contributed by atoms with Crippen molar-refractivity contribution in [3.63, 3.8) is 0 Å². The van der Waals surface area contributed by atoms with Crippen molar-refractivity contribution in [1.82, 2.24) is 10.6 Å². The lowest BCUT2D eigenvalue weighted by atomic mass is 10.1. The molecule has 3 rings (SSSR count). The maximum absolute atomic E-state index is 13.8. The van der Waals surface area contributed by atoms with Gasteiger partial charge in [-0.05, 0) is 42.2 Å². The maximum atomic E-state index is 13.8. The molecule has 0 bridgehead atoms. The monoisotopic (exact) mass is 329 g/mol. The second-order valence-electron chi connectivity index (χ2n) is 5.99. The van der Waals surface area contributed by atoms with Crippen LogP contribution in [-0.4, -0.2) is 25.6 Å². The van der Waals surface area contributed by atoms with Crippen LogP contribution >= 0.6 is 0 Å². The molecule has 0 amide bonds. The normalized spacial score (nSPS) is 19.9. The zero-order chi connectivity index (χ0) is 16.9. The van der Waals surface area contributed by atoms with E-state index in [0.29, 0.717) is 12.5 Å². The summed E-state index contributed by atoms with van der Waals surface area (Å²) in [6.07, 6.45) is 1.68. The molecule has 2 aromatic rings. The van der Waals surface area contributed by atoms with Crippen molar-refractivity contribution in [3.8, 4) is 0 Å². The van der Waals surface area contributed by atoms with Gasteiger partial charge >= 0.3 is 0 Å². The minimum Gasteiger partial charge on any atom is -0.356 e. The third kappa shape index (κ3) is 4.10. The zero-order valence-electron chi connectivity index (χ0n) is 13.6. The van der Waals surface area contributed by atoms with E-state index < -0.39 is 0 Å². The molecule has 2 atom stereocenters. The zero-order valence-corrected chi connectivity index (χ0v) is 13.6. The average molecular weight is 329 g/mol. The molecule has 2 unspecified atom stereocenters. The minimum absolute atomic E-state index is 0.147. The van der Waals surface area contributed by atoms with Gasteiger partial charge in [0.05, 0.1) is 0 Å². The Morgan fingerprint density at radius 1 is 1.12 bits per heavy atom. The molecule has 2 aromatic carbocycles. The number of rotatable bonds is 5. The predicted octanol–water partition coefficient (Wildman–Crippen LogP) is 3.23. The van der Waals surface area contributed by atoms with Crippen LogP contribution < -0.4 is 10.6 Å². The first kappa shape index (κ1) is 16.4. The Morgan fingerprint density at radius 2 is 1.88 bits per heavy atom. The van der Waals surface area contributed by atoms with Gasteiger partial charge in [-0.2, -0.15) is 0 Å². The van der Waals surface area contributed by atoms with Gasteiger partial charge in [0.1, 0.15) is 11.6 Å². The second kappa shape index (κ2) is 7.43. The molecular formula is C19H21F2N3. The molecule has 2 N–H and O–H groups in total. The molecular weight excluding hydrogens is 308 g/mol. The van der Waals surface area contributed by atoms with E-state index in [2.05, 4.69) is 15.6 Å². The van der Waals surface area contributed by atoms with Gasteiger partial charge in [-0.1, -0.05) is 30.3 Å². The van der Waals surface area contributed by atoms with Crippen molar-refractivity contribution in [3.05, 3.63) is 71.3 Å². The molecule has 1 saturated carbocycles. The Bertz CT molecular complexity index is 713. The molecule has 1 aliphatic carbocycles. The van der Waals surface area contributed by atoms with Crippen LogP contribution in [0.4, 0.5) is 8.78 Å². The molecule has 24 heavy (non-hydrogen) atoms. The van der Waals surface area contributed by atoms with Crippen LogP contribution in [0.5, 0.6) is 0 Å². The van der Waals surface area contributed by atoms with E-state index in [1.807, 2.05) is 12.1 Å². The smallest absolute Gasteiger partial charge is 0.191 e. The van der Waals surface area contributed by atoms with E-state index in [0.717, 1.165) is 24.0 Å². The summed E-state index contributed by atoms with van der Waals surface area (Å²) >= 11 is 0. The van der Waals surface area contributed by atoms with Crippen molar-refractivity contribution in [2.75, 3.05) is 13.6 Å². The molecule has 126 valence electrons. The van der Waals surface area contributed by atoms with Gasteiger partial charge in [-0.15, -0.1) is 0 Å². The van der Waals surface area contributed by atoms with Gasteiger partial charge in [-0.3, -0.25) is 4.99 Å². The first-order valence-electron chi connectivity index (χ1n) is 8.13. The Hall–Kier alpha value is -2.43. The van der Waals surface area contributed by atoms with Gasteiger partial charge < -0.3 is 10.6 Å². The molecule has 5 heteroatoms. The summed E-state index contributed by atoms with van der Waals surface area (Å²) in [6.45, 7) is 0.697. The van der Waals surface area contributed by atoms with Crippen LogP contribution in [0.3, 0.4) is 0 Å². The molecule has 0 heterocycles. The number of hydrogen-bond donors (Lipinski definition) is 2. The molecule has 0 spiro atoms. The molecule has 0 radical (unpaired) electrons. The fraction of sp³-hybridized carbons (Fsp3) is 0.316. The van der Waals surface area contributed by atoms with E-state index in [9.17, 15) is 8.78 Å². The van der Waals surface area contributed by atoms with Crippen molar-refractivity contribution in [1.29, 1.82) is 0 Å². The van der Waals surface area contributed by atoms with E-state index in [1.165, 1.54) is 18.2 Å². The van der Waals surface area contributed by atoms with Gasteiger partial charge in [-0.25, -0.2) is 8.78 Å². The largest absolute Gasteiger partial charge is 0.356 e. The summed E-state index contributed by atoms with van der Waals surface area (Å²) in [4.78, 5) is 4.20. The fourth-order valence-corrected chi connectivity index (χ4v) is 2.82. The summed E-state index contributed by atoms with van der Waals surface area (Å²) in [7, 11) is 1.72. The fourth-order valence-electron chi connectivity index (χ4n) is 2.82. The lowest BCUT2D eigenvalue weighted by molar-refractivity contribution is 0.607. The SMILES string of the molecule is CN=C(NCCc1ccc(F)cc1)NC1CC1c1ccccc1F. The van der Waals surface area contributed by atoms with Crippen molar-refractivity contribution >= 4 is 5.96 Å². The lowest BCUT2D eigenvalue weighted by Gasteiger charge is -2.12. The molecule has 0 aromatic heterocycles. The summed E-state index contributed by atoms with van der Waals surface area (Å²) in [6, 6.07) is 13.6. The van der Waals surface area contributed by atoms with Crippen molar-refractivity contribution in [2.45, 2.75) is 24.8 Å². The van der Waals surface area contributed by atoms with E-state index >= 15 is 0 Å². The molecule has 0 saturated heterocycles. The van der Waals surface area contributed by atoms with Crippen LogP contribution in [0.15, 0.2) is 53.5 Å². The predicted molar refractivity (Wildman–Crippen MR) is 92.1 cm³/mol.